The number of carboxylic acid groups (broad SMARTS) is 1. The van der Waals surface area contributed by atoms with Crippen molar-refractivity contribution in [3.8, 4) is 0 Å². The lowest BCUT2D eigenvalue weighted by Gasteiger charge is -2.27. The Bertz CT molecular complexity index is 310. The summed E-state index contributed by atoms with van der Waals surface area (Å²) in [4.78, 5) is 24.1. The largest absolute Gasteiger partial charge is 0.480 e. The van der Waals surface area contributed by atoms with Crippen LogP contribution < -0.4 is 5.32 Å². The zero-order valence-electron chi connectivity index (χ0n) is 11.2. The summed E-state index contributed by atoms with van der Waals surface area (Å²) in [7, 11) is 0. The fourth-order valence-corrected chi connectivity index (χ4v) is 2.97. The molecular formula is C12H22N2O3S. The fourth-order valence-electron chi connectivity index (χ4n) is 2.18. The molecule has 0 radical (unpaired) electrons. The topological polar surface area (TPSA) is 69.6 Å². The van der Waals surface area contributed by atoms with Crippen molar-refractivity contribution in [1.82, 2.24) is 10.2 Å². The highest BCUT2D eigenvalue weighted by molar-refractivity contribution is 7.99. The summed E-state index contributed by atoms with van der Waals surface area (Å²) in [5, 5.41) is 12.4. The van der Waals surface area contributed by atoms with Gasteiger partial charge in [0.25, 0.3) is 0 Å². The van der Waals surface area contributed by atoms with Crippen molar-refractivity contribution in [2.24, 2.45) is 0 Å². The van der Waals surface area contributed by atoms with Gasteiger partial charge in [-0.05, 0) is 39.4 Å². The number of nitrogens with one attached hydrogen (secondary N) is 1. The van der Waals surface area contributed by atoms with E-state index >= 15 is 0 Å². The minimum atomic E-state index is -0.979. The van der Waals surface area contributed by atoms with Gasteiger partial charge in [-0.15, -0.1) is 0 Å². The van der Waals surface area contributed by atoms with Crippen molar-refractivity contribution >= 4 is 23.8 Å². The maximum absolute atomic E-state index is 12.0. The van der Waals surface area contributed by atoms with Crippen molar-refractivity contribution in [2.45, 2.75) is 50.4 Å². The molecule has 0 heterocycles. The molecule has 2 unspecified atom stereocenters. The summed E-state index contributed by atoms with van der Waals surface area (Å²) < 4.78 is 0. The predicted molar refractivity (Wildman–Crippen MR) is 73.0 cm³/mol. The molecular weight excluding hydrogens is 252 g/mol. The zero-order chi connectivity index (χ0) is 13.7. The van der Waals surface area contributed by atoms with Gasteiger partial charge < -0.3 is 15.3 Å². The molecule has 0 aromatic carbocycles. The molecule has 1 rings (SSSR count). The second kappa shape index (κ2) is 6.87. The number of carboxylic acids is 1. The van der Waals surface area contributed by atoms with E-state index in [0.717, 1.165) is 19.3 Å². The van der Waals surface area contributed by atoms with Gasteiger partial charge in [-0.1, -0.05) is 0 Å². The second-order valence-electron chi connectivity index (χ2n) is 4.93. The molecule has 0 spiro atoms. The molecule has 0 aromatic rings. The maximum Gasteiger partial charge on any atom is 0.323 e. The number of aliphatic carboxylic acids is 1. The lowest BCUT2D eigenvalue weighted by molar-refractivity contribution is -0.138. The van der Waals surface area contributed by atoms with Crippen LogP contribution >= 0.6 is 11.8 Å². The second-order valence-corrected chi connectivity index (χ2v) is 6.07. The molecule has 1 aliphatic carbocycles. The molecule has 2 N–H and O–H groups in total. The maximum atomic E-state index is 12.0. The third kappa shape index (κ3) is 4.40. The number of hydrogen-bond donors (Lipinski definition) is 2. The highest BCUT2D eigenvalue weighted by atomic mass is 32.2. The Hall–Kier alpha value is -0.910. The van der Waals surface area contributed by atoms with Gasteiger partial charge in [0.15, 0.2) is 0 Å². The third-order valence-electron chi connectivity index (χ3n) is 3.24. The van der Waals surface area contributed by atoms with Crippen molar-refractivity contribution in [3.05, 3.63) is 0 Å². The fraction of sp³-hybridized carbons (Fsp3) is 0.833. The normalized spacial score (nSPS) is 23.1. The van der Waals surface area contributed by atoms with Crippen LogP contribution in [0.2, 0.25) is 0 Å². The average molecular weight is 274 g/mol. The molecule has 104 valence electrons. The standard InChI is InChI=1S/C12H22N2O3S/c1-8(2)14(7-11(15)16)12(17)13-9-4-5-10(6-9)18-3/h8-10H,4-7H2,1-3H3,(H,13,17)(H,15,16). The number of hydrogen-bond acceptors (Lipinski definition) is 3. The summed E-state index contributed by atoms with van der Waals surface area (Å²) in [6, 6.07) is -0.192. The summed E-state index contributed by atoms with van der Waals surface area (Å²) in [6.07, 6.45) is 5.16. The van der Waals surface area contributed by atoms with Gasteiger partial charge in [0, 0.05) is 17.3 Å². The number of urea groups is 1. The van der Waals surface area contributed by atoms with Crippen LogP contribution in [-0.2, 0) is 4.79 Å². The van der Waals surface area contributed by atoms with E-state index in [1.165, 1.54) is 4.90 Å². The van der Waals surface area contributed by atoms with E-state index in [1.54, 1.807) is 0 Å². The van der Waals surface area contributed by atoms with Crippen LogP contribution in [0.4, 0.5) is 4.79 Å². The van der Waals surface area contributed by atoms with Crippen molar-refractivity contribution in [2.75, 3.05) is 12.8 Å². The van der Waals surface area contributed by atoms with Crippen LogP contribution in [0.15, 0.2) is 0 Å². The van der Waals surface area contributed by atoms with Crippen LogP contribution in [0.3, 0.4) is 0 Å². The van der Waals surface area contributed by atoms with E-state index in [2.05, 4.69) is 11.6 Å². The van der Waals surface area contributed by atoms with Gasteiger partial charge in [-0.2, -0.15) is 11.8 Å². The smallest absolute Gasteiger partial charge is 0.323 e. The Kier molecular flexibility index (Phi) is 5.78. The van der Waals surface area contributed by atoms with Gasteiger partial charge in [0.2, 0.25) is 0 Å². The molecule has 1 aliphatic rings. The Labute approximate surface area is 112 Å². The zero-order valence-corrected chi connectivity index (χ0v) is 12.0. The lowest BCUT2D eigenvalue weighted by Crippen LogP contribution is -2.49. The first-order valence-electron chi connectivity index (χ1n) is 6.25. The molecule has 0 bridgehead atoms. The minimum absolute atomic E-state index is 0.112. The van der Waals surface area contributed by atoms with Crippen LogP contribution in [0, 0.1) is 0 Å². The summed E-state index contributed by atoms with van der Waals surface area (Å²) in [5.41, 5.74) is 0. The molecule has 1 saturated carbocycles. The quantitative estimate of drug-likeness (QED) is 0.801. The molecule has 6 heteroatoms. The van der Waals surface area contributed by atoms with Crippen molar-refractivity contribution < 1.29 is 14.7 Å². The third-order valence-corrected chi connectivity index (χ3v) is 4.33. The SMILES string of the molecule is CSC1CCC(NC(=O)N(CC(=O)O)C(C)C)C1. The number of rotatable bonds is 5. The van der Waals surface area contributed by atoms with Crippen LogP contribution in [0.25, 0.3) is 0 Å². The molecule has 0 saturated heterocycles. The highest BCUT2D eigenvalue weighted by Crippen LogP contribution is 2.28. The Balaban J connectivity index is 2.49. The molecule has 5 nitrogen and oxygen atoms in total. The van der Waals surface area contributed by atoms with Gasteiger partial charge in [0.1, 0.15) is 6.54 Å². The first-order valence-corrected chi connectivity index (χ1v) is 7.54. The molecule has 18 heavy (non-hydrogen) atoms. The van der Waals surface area contributed by atoms with E-state index in [1.807, 2.05) is 25.6 Å². The highest BCUT2D eigenvalue weighted by Gasteiger charge is 2.28. The van der Waals surface area contributed by atoms with E-state index in [0.29, 0.717) is 5.25 Å². The van der Waals surface area contributed by atoms with Crippen LogP contribution in [-0.4, -0.2) is 52.1 Å². The number of nitrogens with zero attached hydrogens (tertiary/aromatic N) is 1. The molecule has 2 atom stereocenters. The Morgan fingerprint density at radius 3 is 2.56 bits per heavy atom. The molecule has 0 aromatic heterocycles. The summed E-state index contributed by atoms with van der Waals surface area (Å²) in [5.74, 6) is -0.979. The molecule has 0 aliphatic heterocycles. The molecule has 1 fully saturated rings. The van der Waals surface area contributed by atoms with E-state index in [-0.39, 0.29) is 24.7 Å². The van der Waals surface area contributed by atoms with Gasteiger partial charge in [0.05, 0.1) is 0 Å². The first-order chi connectivity index (χ1) is 8.43. The Morgan fingerprint density at radius 2 is 2.11 bits per heavy atom. The average Bonchev–Trinajstić information content (AvgIpc) is 2.72. The van der Waals surface area contributed by atoms with E-state index in [4.69, 9.17) is 5.11 Å². The monoisotopic (exact) mass is 274 g/mol. The number of amides is 2. The van der Waals surface area contributed by atoms with Crippen molar-refractivity contribution in [1.29, 1.82) is 0 Å². The number of thioether (sulfide) groups is 1. The number of carbonyl (C=O) groups is 2. The van der Waals surface area contributed by atoms with Gasteiger partial charge in [-0.25, -0.2) is 4.79 Å². The summed E-state index contributed by atoms with van der Waals surface area (Å²) in [6.45, 7) is 3.39. The summed E-state index contributed by atoms with van der Waals surface area (Å²) >= 11 is 1.83. The lowest BCUT2D eigenvalue weighted by atomic mass is 10.2. The first kappa shape index (κ1) is 15.1. The van der Waals surface area contributed by atoms with Gasteiger partial charge in [-0.3, -0.25) is 4.79 Å². The van der Waals surface area contributed by atoms with E-state index < -0.39 is 5.97 Å². The molecule has 2 amide bonds. The Morgan fingerprint density at radius 1 is 1.44 bits per heavy atom. The van der Waals surface area contributed by atoms with Crippen LogP contribution in [0.1, 0.15) is 33.1 Å². The minimum Gasteiger partial charge on any atom is -0.480 e. The van der Waals surface area contributed by atoms with Crippen LogP contribution in [0.5, 0.6) is 0 Å². The van der Waals surface area contributed by atoms with Crippen molar-refractivity contribution in [3.63, 3.8) is 0 Å². The predicted octanol–water partition coefficient (Wildman–Crippen LogP) is 1.78. The van der Waals surface area contributed by atoms with E-state index in [9.17, 15) is 9.59 Å². The van der Waals surface area contributed by atoms with Gasteiger partial charge >= 0.3 is 12.0 Å². The number of carbonyl (C=O) groups excluding carboxylic acids is 1.